The third-order valence-electron chi connectivity index (χ3n) is 6.37. The highest BCUT2D eigenvalue weighted by Crippen LogP contribution is 2.43. The number of hydrogen-bond donors (Lipinski definition) is 3. The van der Waals surface area contributed by atoms with Crippen molar-refractivity contribution < 1.29 is 9.53 Å². The van der Waals surface area contributed by atoms with Gasteiger partial charge in [-0.25, -0.2) is 0 Å². The van der Waals surface area contributed by atoms with Gasteiger partial charge in [0.05, 0.1) is 22.4 Å². The van der Waals surface area contributed by atoms with Crippen molar-refractivity contribution in [3.63, 3.8) is 0 Å². The van der Waals surface area contributed by atoms with Crippen molar-refractivity contribution in [1.82, 2.24) is 5.32 Å². The van der Waals surface area contributed by atoms with Gasteiger partial charge in [-0.2, -0.15) is 0 Å². The summed E-state index contributed by atoms with van der Waals surface area (Å²) in [5.41, 5.74) is 15.5. The lowest BCUT2D eigenvalue weighted by Gasteiger charge is -2.31. The highest BCUT2D eigenvalue weighted by Gasteiger charge is 2.31. The van der Waals surface area contributed by atoms with E-state index in [0.29, 0.717) is 41.9 Å². The summed E-state index contributed by atoms with van der Waals surface area (Å²) in [6.45, 7) is 6.14. The van der Waals surface area contributed by atoms with Crippen molar-refractivity contribution in [3.8, 4) is 0 Å². The van der Waals surface area contributed by atoms with Crippen LogP contribution in [0.2, 0.25) is 0 Å². The molecule has 1 aromatic rings. The number of alkyl halides is 1. The highest BCUT2D eigenvalue weighted by molar-refractivity contribution is 7.14. The highest BCUT2D eigenvalue weighted by atomic mass is 35.5. The number of aryl methyl sites for hydroxylation is 1. The number of fused-ring (bicyclic) bond motifs is 1. The van der Waals surface area contributed by atoms with E-state index in [1.807, 2.05) is 13.0 Å². The van der Waals surface area contributed by atoms with Gasteiger partial charge in [-0.1, -0.05) is 25.5 Å². The smallest absolute Gasteiger partial charge is 0.208 e. The molecule has 0 radical (unpaired) electrons. The molecule has 0 aromatic carbocycles. The van der Waals surface area contributed by atoms with Crippen molar-refractivity contribution in [2.45, 2.75) is 51.0 Å². The number of carbonyl (C=O) groups excluding carboxylic acids is 1. The van der Waals surface area contributed by atoms with Crippen LogP contribution in [0, 0.1) is 12.8 Å². The Morgan fingerprint density at radius 1 is 1.48 bits per heavy atom. The van der Waals surface area contributed by atoms with E-state index in [0.717, 1.165) is 41.7 Å². The lowest BCUT2D eigenvalue weighted by atomic mass is 9.86. The number of carbonyl (C=O) groups is 1. The van der Waals surface area contributed by atoms with Crippen LogP contribution in [-0.4, -0.2) is 43.7 Å². The fourth-order valence-corrected chi connectivity index (χ4v) is 5.55. The fraction of sp³-hybridized carbons (Fsp3) is 0.520. The van der Waals surface area contributed by atoms with Gasteiger partial charge in [0, 0.05) is 24.7 Å². The van der Waals surface area contributed by atoms with Gasteiger partial charge in [0.2, 0.25) is 5.78 Å². The van der Waals surface area contributed by atoms with Crippen LogP contribution in [0.3, 0.4) is 0 Å². The van der Waals surface area contributed by atoms with Gasteiger partial charge in [-0.3, -0.25) is 9.79 Å². The van der Waals surface area contributed by atoms with Crippen molar-refractivity contribution in [2.75, 3.05) is 26.7 Å². The Morgan fingerprint density at radius 2 is 2.27 bits per heavy atom. The topological polar surface area (TPSA) is 103 Å². The van der Waals surface area contributed by atoms with E-state index < -0.39 is 0 Å². The molecule has 6 nitrogen and oxygen atoms in total. The Labute approximate surface area is 205 Å². The minimum Gasteiger partial charge on any atom is -0.404 e. The number of ketones is 1. The summed E-state index contributed by atoms with van der Waals surface area (Å²) >= 11 is 7.86. The monoisotopic (exact) mass is 490 g/mol. The summed E-state index contributed by atoms with van der Waals surface area (Å²) in [6.07, 6.45) is 9.13. The number of nitrogens with one attached hydrogen (secondary N) is 1. The van der Waals surface area contributed by atoms with Gasteiger partial charge >= 0.3 is 0 Å². The Hall–Kier alpha value is -1.93. The fourth-order valence-electron chi connectivity index (χ4n) is 4.32. The number of rotatable bonds is 9. The first-order valence-electron chi connectivity index (χ1n) is 11.6. The molecule has 1 aliphatic carbocycles. The molecule has 3 atom stereocenters. The second kappa shape index (κ2) is 12.0. The number of aliphatic imine (C=N–C) groups is 1. The van der Waals surface area contributed by atoms with E-state index in [9.17, 15) is 4.79 Å². The van der Waals surface area contributed by atoms with Crippen molar-refractivity contribution in [1.29, 1.82) is 0 Å². The van der Waals surface area contributed by atoms with Crippen LogP contribution in [0.15, 0.2) is 46.1 Å². The summed E-state index contributed by atoms with van der Waals surface area (Å²) in [5.74, 6) is 0.798. The zero-order valence-corrected chi connectivity index (χ0v) is 21.3. The zero-order chi connectivity index (χ0) is 24.0. The number of nitrogens with two attached hydrogens (primary N) is 2. The number of halogens is 1. The number of ether oxygens (including phenoxy) is 1. The average molecular weight is 491 g/mol. The van der Waals surface area contributed by atoms with E-state index in [4.69, 9.17) is 27.8 Å². The molecule has 3 rings (SSSR count). The van der Waals surface area contributed by atoms with E-state index in [1.54, 1.807) is 7.05 Å². The minimum absolute atomic E-state index is 0.0271. The summed E-state index contributed by atoms with van der Waals surface area (Å²) < 4.78 is 6.15. The molecule has 1 aromatic heterocycles. The molecule has 1 saturated heterocycles. The van der Waals surface area contributed by atoms with Crippen LogP contribution in [0.4, 0.5) is 0 Å². The first-order valence-corrected chi connectivity index (χ1v) is 12.8. The maximum Gasteiger partial charge on any atom is 0.208 e. The molecule has 33 heavy (non-hydrogen) atoms. The Balaban J connectivity index is 1.78. The maximum absolute atomic E-state index is 13.4. The van der Waals surface area contributed by atoms with Crippen LogP contribution >= 0.6 is 22.9 Å². The van der Waals surface area contributed by atoms with Crippen LogP contribution in [-0.2, 0) is 4.74 Å². The SMILES string of the molecule is CCC(CN)CCNC(=NC)/C(=C\N)C(=O)c1cc(C2OCCC3=CCC(Cl)C=C32)c(C)s1. The van der Waals surface area contributed by atoms with Gasteiger partial charge in [-0.15, -0.1) is 22.9 Å². The van der Waals surface area contributed by atoms with Gasteiger partial charge in [0.1, 0.15) is 11.9 Å². The van der Waals surface area contributed by atoms with Gasteiger partial charge in [0.15, 0.2) is 0 Å². The average Bonchev–Trinajstić information content (AvgIpc) is 3.21. The van der Waals surface area contributed by atoms with E-state index in [-0.39, 0.29) is 17.3 Å². The molecule has 5 N–H and O–H groups in total. The molecule has 2 heterocycles. The predicted molar refractivity (Wildman–Crippen MR) is 138 cm³/mol. The Bertz CT molecular complexity index is 975. The summed E-state index contributed by atoms with van der Waals surface area (Å²) in [7, 11) is 1.66. The second-order valence-electron chi connectivity index (χ2n) is 8.43. The number of allylic oxidation sites excluding steroid dienone is 2. The molecule has 0 spiro atoms. The van der Waals surface area contributed by atoms with Crippen LogP contribution in [0.1, 0.15) is 58.8 Å². The van der Waals surface area contributed by atoms with E-state index in [1.165, 1.54) is 23.1 Å². The summed E-state index contributed by atoms with van der Waals surface area (Å²) in [5, 5.41) is 3.24. The van der Waals surface area contributed by atoms with Crippen LogP contribution in [0.5, 0.6) is 0 Å². The lowest BCUT2D eigenvalue weighted by Crippen LogP contribution is -2.32. The third-order valence-corrected chi connectivity index (χ3v) is 7.74. The number of thiophene rings is 1. The molecule has 0 amide bonds. The number of Topliss-reactive ketones (excluding diaryl/α,β-unsaturated/α-hetero) is 1. The summed E-state index contributed by atoms with van der Waals surface area (Å²) in [6, 6.07) is 1.94. The third kappa shape index (κ3) is 5.96. The normalized spacial score (nSPS) is 22.3. The number of hydrogen-bond acceptors (Lipinski definition) is 6. The largest absolute Gasteiger partial charge is 0.404 e. The molecule has 8 heteroatoms. The van der Waals surface area contributed by atoms with Gasteiger partial charge in [-0.05, 0) is 61.4 Å². The van der Waals surface area contributed by atoms with Gasteiger partial charge in [0.25, 0.3) is 0 Å². The molecular formula is C25H35ClN4O2S. The lowest BCUT2D eigenvalue weighted by molar-refractivity contribution is 0.0658. The molecule has 3 unspecified atom stereocenters. The minimum atomic E-state index is -0.200. The quantitative estimate of drug-likeness (QED) is 0.156. The molecule has 0 saturated carbocycles. The summed E-state index contributed by atoms with van der Waals surface area (Å²) in [4.78, 5) is 19.4. The van der Waals surface area contributed by atoms with Crippen LogP contribution in [0.25, 0.3) is 0 Å². The Morgan fingerprint density at radius 3 is 2.94 bits per heavy atom. The molecule has 0 bridgehead atoms. The molecular weight excluding hydrogens is 456 g/mol. The van der Waals surface area contributed by atoms with Crippen molar-refractivity contribution in [2.24, 2.45) is 22.4 Å². The van der Waals surface area contributed by atoms with Crippen molar-refractivity contribution >= 4 is 34.6 Å². The Kier molecular flexibility index (Phi) is 9.32. The molecule has 180 valence electrons. The van der Waals surface area contributed by atoms with Crippen LogP contribution < -0.4 is 16.8 Å². The standard InChI is InChI=1S/C25H35ClN4O2S/c1-4-16(13-27)7-9-30-25(29-3)21(14-28)23(31)22-12-19(15(2)33-22)24-20-11-18(26)6-5-17(20)8-10-32-24/h5,11-12,14,16,18,24H,4,6-10,13,27-28H2,1-3H3,(H,29,30)/b21-14-. The molecule has 2 aliphatic rings. The second-order valence-corrected chi connectivity index (χ2v) is 10.3. The zero-order valence-electron chi connectivity index (χ0n) is 19.7. The van der Waals surface area contributed by atoms with E-state index >= 15 is 0 Å². The maximum atomic E-state index is 13.4. The number of amidine groups is 1. The van der Waals surface area contributed by atoms with Crippen molar-refractivity contribution in [3.05, 3.63) is 56.5 Å². The van der Waals surface area contributed by atoms with Gasteiger partial charge < -0.3 is 21.5 Å². The molecule has 1 fully saturated rings. The molecule has 1 aliphatic heterocycles. The van der Waals surface area contributed by atoms with E-state index in [2.05, 4.69) is 29.4 Å². The first kappa shape index (κ1) is 25.7. The first-order chi connectivity index (χ1) is 15.9. The predicted octanol–water partition coefficient (Wildman–Crippen LogP) is 4.40. The number of nitrogens with zero attached hydrogens (tertiary/aromatic N) is 1.